The Bertz CT molecular complexity index is 269. The van der Waals surface area contributed by atoms with Crippen molar-refractivity contribution in [3.05, 3.63) is 34.9 Å². The van der Waals surface area contributed by atoms with E-state index in [1.54, 1.807) is 0 Å². The van der Waals surface area contributed by atoms with Gasteiger partial charge in [0.15, 0.2) is 0 Å². The Labute approximate surface area is 81.0 Å². The fraction of sp³-hybridized carbons (Fsp3) is 0.500. The molecular weight excluding hydrogens is 158 g/mol. The van der Waals surface area contributed by atoms with Gasteiger partial charge in [-0.1, -0.05) is 32.0 Å². The lowest BCUT2D eigenvalue weighted by atomic mass is 9.90. The van der Waals surface area contributed by atoms with Gasteiger partial charge in [-0.05, 0) is 36.5 Å². The van der Waals surface area contributed by atoms with E-state index in [1.807, 2.05) is 0 Å². The molecule has 0 aliphatic carbocycles. The molecule has 0 saturated carbocycles. The van der Waals surface area contributed by atoms with E-state index in [-0.39, 0.29) is 6.04 Å². The van der Waals surface area contributed by atoms with E-state index in [0.29, 0.717) is 5.92 Å². The lowest BCUT2D eigenvalue weighted by Gasteiger charge is -2.20. The van der Waals surface area contributed by atoms with E-state index in [4.69, 9.17) is 5.73 Å². The molecule has 0 aliphatic rings. The zero-order valence-electron chi connectivity index (χ0n) is 8.96. The second-order valence-electron chi connectivity index (χ2n) is 4.08. The predicted molar refractivity (Wildman–Crippen MR) is 57.7 cm³/mol. The van der Waals surface area contributed by atoms with E-state index in [1.165, 1.54) is 16.7 Å². The van der Waals surface area contributed by atoms with Crippen LogP contribution in [0.1, 0.15) is 36.6 Å². The van der Waals surface area contributed by atoms with Gasteiger partial charge in [0.1, 0.15) is 0 Å². The fourth-order valence-electron chi connectivity index (χ4n) is 1.69. The molecule has 0 bridgehead atoms. The highest BCUT2D eigenvalue weighted by Gasteiger charge is 2.14. The molecule has 0 saturated heterocycles. The molecule has 1 rings (SSSR count). The zero-order valence-corrected chi connectivity index (χ0v) is 8.96. The number of benzene rings is 1. The van der Waals surface area contributed by atoms with Crippen LogP contribution in [0.2, 0.25) is 0 Å². The summed E-state index contributed by atoms with van der Waals surface area (Å²) in [5.74, 6) is 0.500. The largest absolute Gasteiger partial charge is 0.324 e. The van der Waals surface area contributed by atoms with Crippen LogP contribution in [0.4, 0.5) is 0 Å². The van der Waals surface area contributed by atoms with Gasteiger partial charge in [-0.2, -0.15) is 0 Å². The van der Waals surface area contributed by atoms with Gasteiger partial charge < -0.3 is 5.73 Å². The van der Waals surface area contributed by atoms with Crippen LogP contribution in [-0.4, -0.2) is 0 Å². The molecule has 0 spiro atoms. The maximum Gasteiger partial charge on any atom is 0.0323 e. The number of hydrogen-bond donors (Lipinski definition) is 1. The van der Waals surface area contributed by atoms with E-state index in [2.05, 4.69) is 45.9 Å². The van der Waals surface area contributed by atoms with Gasteiger partial charge in [0.25, 0.3) is 0 Å². The predicted octanol–water partition coefficient (Wildman–Crippen LogP) is 2.96. The molecule has 0 amide bonds. The van der Waals surface area contributed by atoms with Crippen LogP contribution in [0.15, 0.2) is 18.2 Å². The monoisotopic (exact) mass is 177 g/mol. The molecule has 0 aliphatic heterocycles. The highest BCUT2D eigenvalue weighted by atomic mass is 14.6. The Hall–Kier alpha value is -0.820. The van der Waals surface area contributed by atoms with Gasteiger partial charge in [-0.25, -0.2) is 0 Å². The Morgan fingerprint density at radius 2 is 1.54 bits per heavy atom. The fourth-order valence-corrected chi connectivity index (χ4v) is 1.69. The second kappa shape index (κ2) is 3.93. The van der Waals surface area contributed by atoms with Crippen LogP contribution in [0.5, 0.6) is 0 Å². The molecule has 1 atom stereocenters. The molecule has 1 aromatic carbocycles. The Kier molecular flexibility index (Phi) is 3.10. The first-order chi connectivity index (χ1) is 6.04. The van der Waals surface area contributed by atoms with Crippen molar-refractivity contribution in [2.24, 2.45) is 11.7 Å². The van der Waals surface area contributed by atoms with Crippen molar-refractivity contribution in [2.45, 2.75) is 33.7 Å². The van der Waals surface area contributed by atoms with Crippen molar-refractivity contribution < 1.29 is 0 Å². The molecule has 72 valence electrons. The summed E-state index contributed by atoms with van der Waals surface area (Å²) < 4.78 is 0. The van der Waals surface area contributed by atoms with Crippen molar-refractivity contribution in [2.75, 3.05) is 0 Å². The number of aryl methyl sites for hydroxylation is 2. The minimum atomic E-state index is 0.168. The van der Waals surface area contributed by atoms with Crippen LogP contribution < -0.4 is 5.73 Å². The second-order valence-corrected chi connectivity index (χ2v) is 4.08. The zero-order chi connectivity index (χ0) is 10.0. The summed E-state index contributed by atoms with van der Waals surface area (Å²) in [6, 6.07) is 6.51. The van der Waals surface area contributed by atoms with Crippen molar-refractivity contribution in [1.29, 1.82) is 0 Å². The summed E-state index contributed by atoms with van der Waals surface area (Å²) >= 11 is 0. The average molecular weight is 177 g/mol. The minimum Gasteiger partial charge on any atom is -0.324 e. The van der Waals surface area contributed by atoms with Crippen LogP contribution >= 0.6 is 0 Å². The van der Waals surface area contributed by atoms with E-state index in [9.17, 15) is 0 Å². The maximum absolute atomic E-state index is 6.14. The maximum atomic E-state index is 6.14. The molecule has 13 heavy (non-hydrogen) atoms. The summed E-state index contributed by atoms with van der Waals surface area (Å²) in [5, 5.41) is 0. The van der Waals surface area contributed by atoms with Crippen LogP contribution in [0.25, 0.3) is 0 Å². The first-order valence-corrected chi connectivity index (χ1v) is 4.85. The van der Waals surface area contributed by atoms with Crippen molar-refractivity contribution in [3.63, 3.8) is 0 Å². The lowest BCUT2D eigenvalue weighted by molar-refractivity contribution is 0.510. The molecule has 1 aromatic rings. The van der Waals surface area contributed by atoms with Crippen molar-refractivity contribution >= 4 is 0 Å². The van der Waals surface area contributed by atoms with Gasteiger partial charge in [-0.3, -0.25) is 0 Å². The minimum absolute atomic E-state index is 0.168. The summed E-state index contributed by atoms with van der Waals surface area (Å²) in [4.78, 5) is 0. The lowest BCUT2D eigenvalue weighted by Crippen LogP contribution is -2.19. The van der Waals surface area contributed by atoms with Gasteiger partial charge in [-0.15, -0.1) is 0 Å². The smallest absolute Gasteiger partial charge is 0.0323 e. The molecule has 2 N–H and O–H groups in total. The van der Waals surface area contributed by atoms with E-state index in [0.717, 1.165) is 0 Å². The quantitative estimate of drug-likeness (QED) is 0.738. The van der Waals surface area contributed by atoms with Crippen LogP contribution in [-0.2, 0) is 0 Å². The van der Waals surface area contributed by atoms with E-state index < -0.39 is 0 Å². The normalized spacial score (nSPS) is 13.4. The van der Waals surface area contributed by atoms with Crippen molar-refractivity contribution in [1.82, 2.24) is 0 Å². The third-order valence-corrected chi connectivity index (χ3v) is 2.59. The number of rotatable bonds is 2. The molecule has 1 heteroatoms. The molecule has 0 heterocycles. The average Bonchev–Trinajstić information content (AvgIpc) is 2.03. The van der Waals surface area contributed by atoms with E-state index >= 15 is 0 Å². The number of hydrogen-bond acceptors (Lipinski definition) is 1. The Morgan fingerprint density at radius 1 is 1.08 bits per heavy atom. The van der Waals surface area contributed by atoms with Crippen LogP contribution in [0.3, 0.4) is 0 Å². The molecule has 0 aromatic heterocycles. The highest BCUT2D eigenvalue weighted by Crippen LogP contribution is 2.25. The third-order valence-electron chi connectivity index (χ3n) is 2.59. The molecular formula is C12H19N. The summed E-state index contributed by atoms with van der Waals surface area (Å²) in [5.41, 5.74) is 10.1. The Morgan fingerprint density at radius 3 is 1.92 bits per heavy atom. The van der Waals surface area contributed by atoms with Gasteiger partial charge in [0.05, 0.1) is 0 Å². The van der Waals surface area contributed by atoms with Gasteiger partial charge >= 0.3 is 0 Å². The van der Waals surface area contributed by atoms with Gasteiger partial charge in [0.2, 0.25) is 0 Å². The Balaban J connectivity index is 3.12. The number of nitrogens with two attached hydrogens (primary N) is 1. The van der Waals surface area contributed by atoms with Gasteiger partial charge in [0, 0.05) is 6.04 Å². The summed E-state index contributed by atoms with van der Waals surface area (Å²) in [6.45, 7) is 8.59. The first-order valence-electron chi connectivity index (χ1n) is 4.85. The highest BCUT2D eigenvalue weighted by molar-refractivity contribution is 5.36. The molecule has 1 unspecified atom stereocenters. The topological polar surface area (TPSA) is 26.0 Å². The SMILES string of the molecule is Cc1cccc(C)c1C(N)C(C)C. The molecule has 1 nitrogen and oxygen atoms in total. The third kappa shape index (κ3) is 2.10. The molecule has 0 radical (unpaired) electrons. The van der Waals surface area contributed by atoms with Crippen LogP contribution in [0, 0.1) is 19.8 Å². The van der Waals surface area contributed by atoms with Crippen molar-refractivity contribution in [3.8, 4) is 0 Å². The first kappa shape index (κ1) is 10.3. The molecule has 0 fully saturated rings. The summed E-state index contributed by atoms with van der Waals surface area (Å²) in [7, 11) is 0. The summed E-state index contributed by atoms with van der Waals surface area (Å²) in [6.07, 6.45) is 0. The standard InChI is InChI=1S/C12H19N/c1-8(2)12(13)11-9(3)6-5-7-10(11)4/h5-8,12H,13H2,1-4H3.